The number of nitrogens with zero attached hydrogens (tertiary/aromatic N) is 2. The van der Waals surface area contributed by atoms with Crippen LogP contribution in [0.15, 0.2) is 41.3 Å². The molecule has 1 atom stereocenters. The molecule has 17 heavy (non-hydrogen) atoms. The smallest absolute Gasteiger partial charge is 0.137 e. The van der Waals surface area contributed by atoms with Gasteiger partial charge in [0.25, 0.3) is 0 Å². The Hall–Kier alpha value is -1.33. The van der Waals surface area contributed by atoms with Crippen molar-refractivity contribution in [2.45, 2.75) is 12.5 Å². The lowest BCUT2D eigenvalue weighted by Gasteiger charge is -2.11. The third-order valence-corrected chi connectivity index (χ3v) is 3.03. The van der Waals surface area contributed by atoms with Gasteiger partial charge in [-0.25, -0.2) is 14.4 Å². The third-order valence-electron chi connectivity index (χ3n) is 2.42. The molecule has 0 bridgehead atoms. The monoisotopic (exact) mass is 295 g/mol. The van der Waals surface area contributed by atoms with Gasteiger partial charge in [-0.1, -0.05) is 6.07 Å². The van der Waals surface area contributed by atoms with Gasteiger partial charge < -0.3 is 5.73 Å². The van der Waals surface area contributed by atoms with Crippen molar-refractivity contribution in [1.82, 2.24) is 9.97 Å². The van der Waals surface area contributed by atoms with E-state index < -0.39 is 0 Å². The zero-order valence-corrected chi connectivity index (χ0v) is 10.6. The molecule has 0 spiro atoms. The number of halogens is 2. The molecule has 2 rings (SSSR count). The van der Waals surface area contributed by atoms with Gasteiger partial charge in [-0.3, -0.25) is 0 Å². The van der Waals surface area contributed by atoms with Crippen molar-refractivity contribution in [2.75, 3.05) is 0 Å². The van der Waals surface area contributed by atoms with Crippen LogP contribution in [-0.2, 0) is 6.42 Å². The SMILES string of the molecule is NC(Cc1ccc(F)c(Br)c1)c1ccncn1. The summed E-state index contributed by atoms with van der Waals surface area (Å²) in [6, 6.07) is 6.45. The van der Waals surface area contributed by atoms with Crippen LogP contribution in [0.5, 0.6) is 0 Å². The fraction of sp³-hybridized carbons (Fsp3) is 0.167. The highest BCUT2D eigenvalue weighted by Crippen LogP contribution is 2.20. The van der Waals surface area contributed by atoms with Gasteiger partial charge in [-0.15, -0.1) is 0 Å². The lowest BCUT2D eigenvalue weighted by atomic mass is 10.0. The molecule has 1 heterocycles. The Kier molecular flexibility index (Phi) is 3.81. The molecule has 1 unspecified atom stereocenters. The standard InChI is InChI=1S/C12H11BrFN3/c13-9-5-8(1-2-10(9)14)6-11(15)12-3-4-16-7-17-12/h1-5,7,11H,6,15H2. The molecule has 88 valence electrons. The normalized spacial score (nSPS) is 12.4. The minimum absolute atomic E-state index is 0.213. The van der Waals surface area contributed by atoms with Crippen molar-refractivity contribution in [3.63, 3.8) is 0 Å². The van der Waals surface area contributed by atoms with Crippen LogP contribution in [0.3, 0.4) is 0 Å². The molecule has 3 nitrogen and oxygen atoms in total. The van der Waals surface area contributed by atoms with Gasteiger partial charge in [0.15, 0.2) is 0 Å². The number of benzene rings is 1. The molecule has 0 saturated carbocycles. The van der Waals surface area contributed by atoms with Crippen LogP contribution in [0.4, 0.5) is 4.39 Å². The van der Waals surface area contributed by atoms with E-state index in [2.05, 4.69) is 25.9 Å². The predicted octanol–water partition coefficient (Wildman–Crippen LogP) is 2.62. The summed E-state index contributed by atoms with van der Waals surface area (Å²) in [6.45, 7) is 0. The van der Waals surface area contributed by atoms with Crippen molar-refractivity contribution in [2.24, 2.45) is 5.73 Å². The zero-order valence-electron chi connectivity index (χ0n) is 8.98. The van der Waals surface area contributed by atoms with Crippen LogP contribution in [0.1, 0.15) is 17.3 Å². The van der Waals surface area contributed by atoms with Crippen molar-refractivity contribution in [3.8, 4) is 0 Å². The maximum Gasteiger partial charge on any atom is 0.137 e. The maximum atomic E-state index is 13.1. The molecule has 5 heteroatoms. The molecule has 0 saturated heterocycles. The van der Waals surface area contributed by atoms with Gasteiger partial charge >= 0.3 is 0 Å². The Balaban J connectivity index is 2.13. The predicted molar refractivity (Wildman–Crippen MR) is 66.8 cm³/mol. The largest absolute Gasteiger partial charge is 0.322 e. The van der Waals surface area contributed by atoms with Crippen molar-refractivity contribution >= 4 is 15.9 Å². The molecule has 0 aliphatic rings. The molecule has 0 fully saturated rings. The van der Waals surface area contributed by atoms with Crippen molar-refractivity contribution in [1.29, 1.82) is 0 Å². The Morgan fingerprint density at radius 1 is 1.35 bits per heavy atom. The fourth-order valence-electron chi connectivity index (χ4n) is 1.55. The third kappa shape index (κ3) is 3.08. The zero-order chi connectivity index (χ0) is 12.3. The van der Waals surface area contributed by atoms with E-state index in [1.807, 2.05) is 0 Å². The summed E-state index contributed by atoms with van der Waals surface area (Å²) in [6.07, 6.45) is 3.73. The Bertz CT molecular complexity index is 504. The van der Waals surface area contributed by atoms with Gasteiger partial charge in [0.05, 0.1) is 16.2 Å². The first-order valence-electron chi connectivity index (χ1n) is 5.12. The van der Waals surface area contributed by atoms with Crippen LogP contribution in [0, 0.1) is 5.82 Å². The minimum Gasteiger partial charge on any atom is -0.322 e. The van der Waals surface area contributed by atoms with E-state index in [4.69, 9.17) is 5.73 Å². The molecule has 0 aliphatic carbocycles. The molecular formula is C12H11BrFN3. The second-order valence-corrected chi connectivity index (χ2v) is 4.55. The van der Waals surface area contributed by atoms with Gasteiger partial charge in [0.1, 0.15) is 12.1 Å². The lowest BCUT2D eigenvalue weighted by Crippen LogP contribution is -2.15. The van der Waals surface area contributed by atoms with Crippen molar-refractivity contribution < 1.29 is 4.39 Å². The first-order valence-corrected chi connectivity index (χ1v) is 5.91. The van der Waals surface area contributed by atoms with E-state index in [1.54, 1.807) is 24.4 Å². The highest BCUT2D eigenvalue weighted by Gasteiger charge is 2.09. The molecule has 1 aromatic carbocycles. The summed E-state index contributed by atoms with van der Waals surface area (Å²) in [7, 11) is 0. The van der Waals surface area contributed by atoms with Crippen LogP contribution < -0.4 is 5.73 Å². The summed E-state index contributed by atoms with van der Waals surface area (Å²) in [5.74, 6) is -0.274. The topological polar surface area (TPSA) is 51.8 Å². The maximum absolute atomic E-state index is 13.1. The van der Waals surface area contributed by atoms with Crippen LogP contribution in [-0.4, -0.2) is 9.97 Å². The van der Waals surface area contributed by atoms with Crippen LogP contribution in [0.25, 0.3) is 0 Å². The quantitative estimate of drug-likeness (QED) is 0.947. The first kappa shape index (κ1) is 12.1. The summed E-state index contributed by atoms with van der Waals surface area (Å²) in [4.78, 5) is 7.93. The number of hydrogen-bond acceptors (Lipinski definition) is 3. The number of nitrogens with two attached hydrogens (primary N) is 1. The number of aromatic nitrogens is 2. The highest BCUT2D eigenvalue weighted by atomic mass is 79.9. The van der Waals surface area contributed by atoms with Crippen LogP contribution in [0.2, 0.25) is 0 Å². The van der Waals surface area contributed by atoms with E-state index in [0.29, 0.717) is 10.9 Å². The molecular weight excluding hydrogens is 285 g/mol. The average molecular weight is 296 g/mol. The molecule has 0 aliphatic heterocycles. The average Bonchev–Trinajstić information content (AvgIpc) is 2.35. The minimum atomic E-state index is -0.274. The van der Waals surface area contributed by atoms with E-state index in [0.717, 1.165) is 11.3 Å². The summed E-state index contributed by atoms with van der Waals surface area (Å²) in [5, 5.41) is 0. The van der Waals surface area contributed by atoms with Crippen LogP contribution >= 0.6 is 15.9 Å². The van der Waals surface area contributed by atoms with Gasteiger partial charge in [0, 0.05) is 6.20 Å². The van der Waals surface area contributed by atoms with Gasteiger partial charge in [-0.2, -0.15) is 0 Å². The second kappa shape index (κ2) is 5.33. The molecule has 1 aromatic heterocycles. The fourth-order valence-corrected chi connectivity index (χ4v) is 1.97. The van der Waals surface area contributed by atoms with Gasteiger partial charge in [0.2, 0.25) is 0 Å². The van der Waals surface area contributed by atoms with Gasteiger partial charge in [-0.05, 0) is 46.1 Å². The highest BCUT2D eigenvalue weighted by molar-refractivity contribution is 9.10. The van der Waals surface area contributed by atoms with E-state index in [9.17, 15) is 4.39 Å². The first-order chi connectivity index (χ1) is 8.16. The number of hydrogen-bond donors (Lipinski definition) is 1. The Morgan fingerprint density at radius 3 is 2.82 bits per heavy atom. The summed E-state index contributed by atoms with van der Waals surface area (Å²) < 4.78 is 13.5. The Morgan fingerprint density at radius 2 is 2.18 bits per heavy atom. The summed E-state index contributed by atoms with van der Waals surface area (Å²) >= 11 is 3.15. The summed E-state index contributed by atoms with van der Waals surface area (Å²) in [5.41, 5.74) is 7.76. The van der Waals surface area contributed by atoms with Crippen molar-refractivity contribution in [3.05, 3.63) is 58.3 Å². The van der Waals surface area contributed by atoms with E-state index in [-0.39, 0.29) is 11.9 Å². The number of rotatable bonds is 3. The Labute approximate surface area is 107 Å². The molecule has 0 amide bonds. The lowest BCUT2D eigenvalue weighted by molar-refractivity contribution is 0.618. The molecule has 2 N–H and O–H groups in total. The molecule has 2 aromatic rings. The van der Waals surface area contributed by atoms with E-state index in [1.165, 1.54) is 12.4 Å². The molecule has 0 radical (unpaired) electrons. The second-order valence-electron chi connectivity index (χ2n) is 3.69. The van der Waals surface area contributed by atoms with E-state index >= 15 is 0 Å².